The zero-order chi connectivity index (χ0) is 14.3. The molecule has 1 aliphatic carbocycles. The van der Waals surface area contributed by atoms with E-state index in [2.05, 4.69) is 31.2 Å². The van der Waals surface area contributed by atoms with E-state index >= 15 is 0 Å². The molecule has 110 valence electrons. The van der Waals surface area contributed by atoms with Gasteiger partial charge in [0.1, 0.15) is 5.82 Å². The zero-order valence-electron chi connectivity index (χ0n) is 12.8. The van der Waals surface area contributed by atoms with Crippen LogP contribution >= 0.6 is 0 Å². The first-order valence-corrected chi connectivity index (χ1v) is 7.85. The van der Waals surface area contributed by atoms with Gasteiger partial charge in [-0.3, -0.25) is 4.79 Å². The molecule has 3 rings (SSSR count). The normalized spacial score (nSPS) is 24.4. The Bertz CT molecular complexity index is 506. The molecule has 1 fully saturated rings. The average molecular weight is 275 g/mol. The number of aromatic nitrogens is 2. The summed E-state index contributed by atoms with van der Waals surface area (Å²) in [6, 6.07) is 0. The molecule has 0 unspecified atom stereocenters. The number of hydrogen-bond acceptors (Lipinski definition) is 2. The van der Waals surface area contributed by atoms with Gasteiger partial charge in [0.25, 0.3) is 0 Å². The van der Waals surface area contributed by atoms with Crippen LogP contribution in [0.2, 0.25) is 0 Å². The fraction of sp³-hybridized carbons (Fsp3) is 0.750. The lowest BCUT2D eigenvalue weighted by atomic mass is 9.74. The van der Waals surface area contributed by atoms with Gasteiger partial charge in [-0.05, 0) is 39.5 Å². The van der Waals surface area contributed by atoms with Crippen LogP contribution in [0.15, 0.2) is 6.20 Å². The summed E-state index contributed by atoms with van der Waals surface area (Å²) in [5, 5.41) is 7.60. The van der Waals surface area contributed by atoms with Crippen molar-refractivity contribution in [1.29, 1.82) is 0 Å². The molecule has 2 aliphatic rings. The van der Waals surface area contributed by atoms with Gasteiger partial charge in [0.05, 0.1) is 11.7 Å². The highest BCUT2D eigenvalue weighted by Crippen LogP contribution is 2.43. The molecule has 1 saturated carbocycles. The summed E-state index contributed by atoms with van der Waals surface area (Å²) in [5.74, 6) is 2.12. The maximum Gasteiger partial charge on any atom is 0.226 e. The Morgan fingerprint density at radius 2 is 1.95 bits per heavy atom. The minimum Gasteiger partial charge on any atom is -0.311 e. The van der Waals surface area contributed by atoms with E-state index in [0.29, 0.717) is 18.3 Å². The van der Waals surface area contributed by atoms with Crippen LogP contribution in [-0.2, 0) is 10.3 Å². The van der Waals surface area contributed by atoms with Gasteiger partial charge in [-0.15, -0.1) is 0 Å². The molecule has 1 amide bonds. The second-order valence-corrected chi connectivity index (χ2v) is 7.29. The van der Waals surface area contributed by atoms with Crippen molar-refractivity contribution in [2.75, 3.05) is 5.32 Å². The van der Waals surface area contributed by atoms with Crippen molar-refractivity contribution in [2.24, 2.45) is 5.92 Å². The van der Waals surface area contributed by atoms with Crippen molar-refractivity contribution in [3.63, 3.8) is 0 Å². The van der Waals surface area contributed by atoms with Crippen LogP contribution < -0.4 is 5.32 Å². The third-order valence-electron chi connectivity index (χ3n) is 4.71. The van der Waals surface area contributed by atoms with E-state index in [1.807, 2.05) is 10.9 Å². The molecule has 1 atom stereocenters. The maximum atomic E-state index is 12.1. The summed E-state index contributed by atoms with van der Waals surface area (Å²) in [7, 11) is 0. The topological polar surface area (TPSA) is 46.9 Å². The van der Waals surface area contributed by atoms with Crippen molar-refractivity contribution in [3.8, 4) is 0 Å². The zero-order valence-corrected chi connectivity index (χ0v) is 12.8. The number of rotatable bonds is 1. The van der Waals surface area contributed by atoms with Crippen molar-refractivity contribution in [3.05, 3.63) is 11.8 Å². The Morgan fingerprint density at radius 3 is 2.60 bits per heavy atom. The van der Waals surface area contributed by atoms with Crippen LogP contribution in [0.5, 0.6) is 0 Å². The Kier molecular flexibility index (Phi) is 3.35. The summed E-state index contributed by atoms with van der Waals surface area (Å²) in [6.07, 6.45) is 9.11. The molecule has 2 heterocycles. The summed E-state index contributed by atoms with van der Waals surface area (Å²) < 4.78 is 1.97. The lowest BCUT2D eigenvalue weighted by molar-refractivity contribution is -0.117. The van der Waals surface area contributed by atoms with Crippen molar-refractivity contribution < 1.29 is 4.79 Å². The van der Waals surface area contributed by atoms with Crippen LogP contribution in [0.1, 0.15) is 70.8 Å². The van der Waals surface area contributed by atoms with Gasteiger partial charge in [-0.2, -0.15) is 5.10 Å². The monoisotopic (exact) mass is 275 g/mol. The molecule has 0 bridgehead atoms. The highest BCUT2D eigenvalue weighted by atomic mass is 16.1. The highest BCUT2D eigenvalue weighted by molar-refractivity contribution is 5.93. The number of amides is 1. The van der Waals surface area contributed by atoms with Gasteiger partial charge in [0.2, 0.25) is 5.91 Å². The number of fused-ring (bicyclic) bond motifs is 1. The van der Waals surface area contributed by atoms with Crippen LogP contribution in [0, 0.1) is 5.92 Å². The lowest BCUT2D eigenvalue weighted by Crippen LogP contribution is -2.32. The molecule has 4 heteroatoms. The van der Waals surface area contributed by atoms with Crippen molar-refractivity contribution in [2.45, 2.75) is 70.8 Å². The first-order chi connectivity index (χ1) is 9.47. The van der Waals surface area contributed by atoms with Crippen LogP contribution in [0.25, 0.3) is 0 Å². The molecular formula is C16H25N3O. The fourth-order valence-electron chi connectivity index (χ4n) is 3.72. The molecular weight excluding hydrogens is 250 g/mol. The first kappa shape index (κ1) is 13.7. The predicted molar refractivity (Wildman–Crippen MR) is 79.8 cm³/mol. The summed E-state index contributed by atoms with van der Waals surface area (Å²) >= 11 is 0. The quantitative estimate of drug-likeness (QED) is 0.850. The SMILES string of the molecule is CC(C)(C)n1ncc2c1NC(=O)C[C@@H]2C1CCCCC1. The molecule has 4 nitrogen and oxygen atoms in total. The standard InChI is InChI=1S/C16H25N3O/c1-16(2,3)19-15-13(10-17-19)12(9-14(20)18-15)11-7-5-4-6-8-11/h10-12H,4-9H2,1-3H3,(H,18,20)/t12-/m1/s1. The molecule has 20 heavy (non-hydrogen) atoms. The van der Waals surface area contributed by atoms with Gasteiger partial charge >= 0.3 is 0 Å². The molecule has 0 radical (unpaired) electrons. The molecule has 0 spiro atoms. The Hall–Kier alpha value is -1.32. The van der Waals surface area contributed by atoms with Crippen LogP contribution in [0.3, 0.4) is 0 Å². The number of anilines is 1. The summed E-state index contributed by atoms with van der Waals surface area (Å²) in [6.45, 7) is 6.37. The average Bonchev–Trinajstić information content (AvgIpc) is 2.82. The minimum absolute atomic E-state index is 0.102. The number of carbonyl (C=O) groups excluding carboxylic acids is 1. The van der Waals surface area contributed by atoms with E-state index in [1.54, 1.807) is 0 Å². The predicted octanol–water partition coefficient (Wildman–Crippen LogP) is 3.64. The Balaban J connectivity index is 1.96. The largest absolute Gasteiger partial charge is 0.311 e. The van der Waals surface area contributed by atoms with E-state index in [1.165, 1.54) is 37.7 Å². The number of nitrogens with one attached hydrogen (secondary N) is 1. The van der Waals surface area contributed by atoms with Gasteiger partial charge in [-0.1, -0.05) is 19.3 Å². The van der Waals surface area contributed by atoms with E-state index in [4.69, 9.17) is 0 Å². The van der Waals surface area contributed by atoms with E-state index in [0.717, 1.165) is 5.82 Å². The van der Waals surface area contributed by atoms with Gasteiger partial charge < -0.3 is 5.32 Å². The highest BCUT2D eigenvalue weighted by Gasteiger charge is 2.36. The van der Waals surface area contributed by atoms with Gasteiger partial charge in [0, 0.05) is 17.9 Å². The molecule has 1 aromatic heterocycles. The van der Waals surface area contributed by atoms with Crippen molar-refractivity contribution >= 4 is 11.7 Å². The lowest BCUT2D eigenvalue weighted by Gasteiger charge is -2.33. The molecule has 0 aromatic carbocycles. The number of hydrogen-bond donors (Lipinski definition) is 1. The van der Waals surface area contributed by atoms with E-state index in [-0.39, 0.29) is 11.4 Å². The first-order valence-electron chi connectivity index (χ1n) is 7.85. The molecule has 1 aliphatic heterocycles. The smallest absolute Gasteiger partial charge is 0.226 e. The van der Waals surface area contributed by atoms with E-state index in [9.17, 15) is 4.79 Å². The Labute approximate surface area is 120 Å². The van der Waals surface area contributed by atoms with Crippen LogP contribution in [-0.4, -0.2) is 15.7 Å². The third kappa shape index (κ3) is 2.36. The molecule has 1 N–H and O–H groups in total. The van der Waals surface area contributed by atoms with Crippen LogP contribution in [0.4, 0.5) is 5.82 Å². The molecule has 1 aromatic rings. The fourth-order valence-corrected chi connectivity index (χ4v) is 3.72. The number of nitrogens with zero attached hydrogens (tertiary/aromatic N) is 2. The third-order valence-corrected chi connectivity index (χ3v) is 4.71. The minimum atomic E-state index is -0.102. The van der Waals surface area contributed by atoms with Gasteiger partial charge in [-0.25, -0.2) is 4.68 Å². The molecule has 0 saturated heterocycles. The Morgan fingerprint density at radius 1 is 1.25 bits per heavy atom. The maximum absolute atomic E-state index is 12.1. The van der Waals surface area contributed by atoms with Crippen molar-refractivity contribution in [1.82, 2.24) is 9.78 Å². The summed E-state index contributed by atoms with van der Waals surface area (Å²) in [5.41, 5.74) is 1.15. The number of carbonyl (C=O) groups is 1. The summed E-state index contributed by atoms with van der Waals surface area (Å²) in [4.78, 5) is 12.1. The second kappa shape index (κ2) is 4.90. The second-order valence-electron chi connectivity index (χ2n) is 7.29. The van der Waals surface area contributed by atoms with E-state index < -0.39 is 0 Å². The van der Waals surface area contributed by atoms with Gasteiger partial charge in [0.15, 0.2) is 0 Å².